The van der Waals surface area contributed by atoms with E-state index in [1.807, 2.05) is 30.7 Å². The van der Waals surface area contributed by atoms with Gasteiger partial charge in [0.1, 0.15) is 12.2 Å². The van der Waals surface area contributed by atoms with E-state index in [0.717, 1.165) is 17.5 Å². The number of hydrogen-bond donors (Lipinski definition) is 1. The van der Waals surface area contributed by atoms with Crippen LogP contribution in [0.1, 0.15) is 64.3 Å². The lowest BCUT2D eigenvalue weighted by Gasteiger charge is -2.19. The van der Waals surface area contributed by atoms with Crippen LogP contribution < -0.4 is 4.90 Å². The Morgan fingerprint density at radius 1 is 1.16 bits per heavy atom. The molecule has 2 heterocycles. The number of alkyl halides is 3. The highest BCUT2D eigenvalue weighted by molar-refractivity contribution is 6.10. The number of fused-ring (bicyclic) bond motifs is 1. The van der Waals surface area contributed by atoms with Crippen LogP contribution in [0.15, 0.2) is 42.7 Å². The third-order valence-electron chi connectivity index (χ3n) is 5.90. The monoisotopic (exact) mass is 444 g/mol. The molecule has 2 aromatic carbocycles. The van der Waals surface area contributed by atoms with Gasteiger partial charge in [0.15, 0.2) is 0 Å². The Kier molecular flexibility index (Phi) is 5.54. The normalized spacial score (nSPS) is 15.7. The Labute approximate surface area is 183 Å². The molecule has 0 bridgehead atoms. The van der Waals surface area contributed by atoms with Crippen molar-refractivity contribution in [3.63, 3.8) is 0 Å². The number of carbonyl (C=O) groups excluding carboxylic acids is 1. The molecular weight excluding hydrogens is 421 g/mol. The van der Waals surface area contributed by atoms with Gasteiger partial charge >= 0.3 is 6.18 Å². The summed E-state index contributed by atoms with van der Waals surface area (Å²) in [4.78, 5) is 14.4. The molecule has 0 aliphatic carbocycles. The van der Waals surface area contributed by atoms with Gasteiger partial charge in [0.2, 0.25) is 0 Å². The number of rotatable bonds is 5. The van der Waals surface area contributed by atoms with Gasteiger partial charge in [-0.05, 0) is 53.8 Å². The molecule has 4 rings (SSSR count). The summed E-state index contributed by atoms with van der Waals surface area (Å²) < 4.78 is 42.9. The van der Waals surface area contributed by atoms with Crippen molar-refractivity contribution >= 4 is 11.6 Å². The van der Waals surface area contributed by atoms with E-state index in [-0.39, 0.29) is 29.2 Å². The van der Waals surface area contributed by atoms with Crippen molar-refractivity contribution in [1.82, 2.24) is 14.8 Å². The highest BCUT2D eigenvalue weighted by Gasteiger charge is 2.40. The predicted octanol–water partition coefficient (Wildman–Crippen LogP) is 4.39. The van der Waals surface area contributed by atoms with E-state index < -0.39 is 23.8 Å². The molecule has 1 amide bonds. The molecule has 6 nitrogen and oxygen atoms in total. The van der Waals surface area contributed by atoms with Gasteiger partial charge in [-0.25, -0.2) is 0 Å². The van der Waals surface area contributed by atoms with Crippen LogP contribution in [0, 0.1) is 0 Å². The number of anilines is 1. The maximum Gasteiger partial charge on any atom is 0.416 e. The molecule has 1 N–H and O–H groups in total. The largest absolute Gasteiger partial charge is 0.416 e. The summed E-state index contributed by atoms with van der Waals surface area (Å²) in [7, 11) is 1.86. The number of aryl methyl sites for hydroxylation is 1. The number of amides is 1. The minimum atomic E-state index is -4.63. The van der Waals surface area contributed by atoms with Gasteiger partial charge in [-0.3, -0.25) is 4.79 Å². The van der Waals surface area contributed by atoms with Crippen molar-refractivity contribution < 1.29 is 23.1 Å². The summed E-state index contributed by atoms with van der Waals surface area (Å²) >= 11 is 0. The standard InChI is InChI=1S/C23H23F3N4O2/c1-13(7-21-28-27-12-29(21)3)15-5-4-6-17(8-15)30-11-19-18(22(30)32)9-16(14(2)31)10-20(19)23(24,25)26/h4-6,8-10,12-14,31H,7,11H2,1-3H3/t13-,14?/m1/s1. The molecule has 9 heteroatoms. The topological polar surface area (TPSA) is 71.2 Å². The van der Waals surface area contributed by atoms with Crippen molar-refractivity contribution in [3.8, 4) is 0 Å². The average molecular weight is 444 g/mol. The molecule has 0 saturated carbocycles. The molecule has 0 saturated heterocycles. The van der Waals surface area contributed by atoms with E-state index in [1.54, 1.807) is 18.5 Å². The maximum atomic E-state index is 13.7. The van der Waals surface area contributed by atoms with E-state index in [9.17, 15) is 23.1 Å². The van der Waals surface area contributed by atoms with Crippen molar-refractivity contribution in [2.75, 3.05) is 4.90 Å². The SMILES string of the molecule is CC(O)c1cc2c(c(C(F)(F)F)c1)CN(c1cccc([C@H](C)Cc3nncn3C)c1)C2=O. The zero-order valence-corrected chi connectivity index (χ0v) is 17.9. The highest BCUT2D eigenvalue weighted by Crippen LogP contribution is 2.40. The Balaban J connectivity index is 1.67. The lowest BCUT2D eigenvalue weighted by Crippen LogP contribution is -2.23. The van der Waals surface area contributed by atoms with E-state index in [1.165, 1.54) is 17.9 Å². The number of aliphatic hydroxyl groups excluding tert-OH is 1. The molecule has 1 aromatic heterocycles. The number of benzene rings is 2. The van der Waals surface area contributed by atoms with E-state index in [4.69, 9.17) is 0 Å². The van der Waals surface area contributed by atoms with E-state index >= 15 is 0 Å². The fraction of sp³-hybridized carbons (Fsp3) is 0.348. The summed E-state index contributed by atoms with van der Waals surface area (Å²) in [5.74, 6) is 0.365. The number of nitrogens with zero attached hydrogens (tertiary/aromatic N) is 4. The summed E-state index contributed by atoms with van der Waals surface area (Å²) in [6.45, 7) is 3.22. The Morgan fingerprint density at radius 3 is 2.53 bits per heavy atom. The molecule has 0 radical (unpaired) electrons. The van der Waals surface area contributed by atoms with Crippen molar-refractivity contribution in [1.29, 1.82) is 0 Å². The number of carbonyl (C=O) groups is 1. The third kappa shape index (κ3) is 4.00. The smallest absolute Gasteiger partial charge is 0.389 e. The Bertz CT molecular complexity index is 1170. The highest BCUT2D eigenvalue weighted by atomic mass is 19.4. The van der Waals surface area contributed by atoms with Crippen LogP contribution in [0.4, 0.5) is 18.9 Å². The third-order valence-corrected chi connectivity index (χ3v) is 5.90. The minimum absolute atomic E-state index is 0.0201. The van der Waals surface area contributed by atoms with Crippen LogP contribution >= 0.6 is 0 Å². The Morgan fingerprint density at radius 2 is 1.91 bits per heavy atom. The molecule has 1 unspecified atom stereocenters. The lowest BCUT2D eigenvalue weighted by molar-refractivity contribution is -0.138. The lowest BCUT2D eigenvalue weighted by atomic mass is 9.97. The van der Waals surface area contributed by atoms with E-state index in [0.29, 0.717) is 12.1 Å². The second-order valence-electron chi connectivity index (χ2n) is 8.22. The average Bonchev–Trinajstić information content (AvgIpc) is 3.29. The van der Waals surface area contributed by atoms with Gasteiger partial charge in [0.25, 0.3) is 5.91 Å². The summed E-state index contributed by atoms with van der Waals surface area (Å²) in [6.07, 6.45) is -3.49. The first-order chi connectivity index (χ1) is 15.1. The number of halogens is 3. The molecule has 32 heavy (non-hydrogen) atoms. The zero-order valence-electron chi connectivity index (χ0n) is 17.9. The number of aromatic nitrogens is 3. The number of aliphatic hydroxyl groups is 1. The maximum absolute atomic E-state index is 13.7. The summed E-state index contributed by atoms with van der Waals surface area (Å²) in [5.41, 5.74) is 0.568. The Hall–Kier alpha value is -3.20. The van der Waals surface area contributed by atoms with Crippen LogP contribution in [0.5, 0.6) is 0 Å². The van der Waals surface area contributed by atoms with Crippen molar-refractivity contribution in [2.45, 2.75) is 45.0 Å². The molecule has 1 aliphatic heterocycles. The molecular formula is C23H23F3N4O2. The van der Waals surface area contributed by atoms with Crippen LogP contribution in [0.2, 0.25) is 0 Å². The summed E-state index contributed by atoms with van der Waals surface area (Å²) in [5, 5.41) is 17.8. The van der Waals surface area contributed by atoms with E-state index in [2.05, 4.69) is 10.2 Å². The van der Waals surface area contributed by atoms with Gasteiger partial charge in [-0.1, -0.05) is 19.1 Å². The minimum Gasteiger partial charge on any atom is -0.389 e. The second-order valence-corrected chi connectivity index (χ2v) is 8.22. The fourth-order valence-corrected chi connectivity index (χ4v) is 4.02. The fourth-order valence-electron chi connectivity index (χ4n) is 4.02. The van der Waals surface area contributed by atoms with Gasteiger partial charge in [0.05, 0.1) is 18.2 Å². The first-order valence-corrected chi connectivity index (χ1v) is 10.2. The summed E-state index contributed by atoms with van der Waals surface area (Å²) in [6, 6.07) is 9.54. The first-order valence-electron chi connectivity index (χ1n) is 10.2. The van der Waals surface area contributed by atoms with Crippen molar-refractivity contribution in [2.24, 2.45) is 7.05 Å². The van der Waals surface area contributed by atoms with Gasteiger partial charge in [-0.2, -0.15) is 13.2 Å². The number of hydrogen-bond acceptors (Lipinski definition) is 4. The van der Waals surface area contributed by atoms with Crippen LogP contribution in [-0.4, -0.2) is 25.8 Å². The quantitative estimate of drug-likeness (QED) is 0.634. The molecule has 168 valence electrons. The second kappa shape index (κ2) is 8.05. The zero-order chi connectivity index (χ0) is 23.2. The van der Waals surface area contributed by atoms with Gasteiger partial charge in [-0.15, -0.1) is 10.2 Å². The molecule has 1 aliphatic rings. The van der Waals surface area contributed by atoms with Crippen LogP contribution in [-0.2, 0) is 26.2 Å². The first kappa shape index (κ1) is 22.0. The van der Waals surface area contributed by atoms with Crippen molar-refractivity contribution in [3.05, 3.63) is 76.4 Å². The van der Waals surface area contributed by atoms with Crippen LogP contribution in [0.3, 0.4) is 0 Å². The molecule has 2 atom stereocenters. The van der Waals surface area contributed by atoms with Gasteiger partial charge < -0.3 is 14.6 Å². The van der Waals surface area contributed by atoms with Gasteiger partial charge in [0, 0.05) is 24.7 Å². The molecule has 0 fully saturated rings. The predicted molar refractivity (Wildman–Crippen MR) is 112 cm³/mol. The van der Waals surface area contributed by atoms with Crippen LogP contribution in [0.25, 0.3) is 0 Å². The molecule has 3 aromatic rings. The molecule has 0 spiro atoms.